The Bertz CT molecular complexity index is 1300. The predicted molar refractivity (Wildman–Crippen MR) is 131 cm³/mol. The van der Waals surface area contributed by atoms with Gasteiger partial charge >= 0.3 is 7.12 Å². The molecule has 0 bridgehead atoms. The minimum atomic E-state index is -0.426. The van der Waals surface area contributed by atoms with Crippen LogP contribution >= 0.6 is 0 Å². The molecule has 0 saturated carbocycles. The molecule has 2 aromatic carbocycles. The number of nitrogens with zero attached hydrogens (tertiary/aromatic N) is 5. The summed E-state index contributed by atoms with van der Waals surface area (Å²) in [5, 5.41) is 4.35. The minimum absolute atomic E-state index is 0.189. The summed E-state index contributed by atoms with van der Waals surface area (Å²) in [4.78, 5) is 9.24. The Labute approximate surface area is 194 Å². The van der Waals surface area contributed by atoms with Crippen LogP contribution in [0.15, 0.2) is 55.1 Å². The molecule has 0 spiro atoms. The molecule has 33 heavy (non-hydrogen) atoms. The first-order valence-corrected chi connectivity index (χ1v) is 11.3. The second kappa shape index (κ2) is 7.27. The van der Waals surface area contributed by atoms with Crippen LogP contribution in [0.5, 0.6) is 0 Å². The average Bonchev–Trinajstić information content (AvgIpc) is 3.43. The van der Waals surface area contributed by atoms with Crippen LogP contribution in [-0.2, 0) is 14.8 Å². The van der Waals surface area contributed by atoms with Crippen molar-refractivity contribution in [2.75, 3.05) is 0 Å². The molecule has 5 rings (SSSR count). The summed E-state index contributed by atoms with van der Waals surface area (Å²) < 4.78 is 16.6. The summed E-state index contributed by atoms with van der Waals surface area (Å²) in [7, 11) is -0.426. The molecule has 1 aliphatic heterocycles. The number of hydrogen-bond acceptors (Lipinski definition) is 5. The van der Waals surface area contributed by atoms with E-state index >= 15 is 0 Å². The minimum Gasteiger partial charge on any atom is -0.399 e. The summed E-state index contributed by atoms with van der Waals surface area (Å²) in [6.45, 7) is 14.9. The lowest BCUT2D eigenvalue weighted by atomic mass is 9.79. The fourth-order valence-electron chi connectivity index (χ4n) is 4.28. The zero-order valence-electron chi connectivity index (χ0n) is 20.3. The van der Waals surface area contributed by atoms with Gasteiger partial charge in [0.2, 0.25) is 0 Å². The molecule has 0 radical (unpaired) electrons. The Balaban J connectivity index is 1.67. The van der Waals surface area contributed by atoms with Crippen molar-refractivity contribution < 1.29 is 9.31 Å². The Morgan fingerprint density at radius 1 is 0.939 bits per heavy atom. The van der Waals surface area contributed by atoms with Gasteiger partial charge in [-0.2, -0.15) is 5.10 Å². The third-order valence-electron chi connectivity index (χ3n) is 6.69. The van der Waals surface area contributed by atoms with Crippen LogP contribution in [0.25, 0.3) is 28.1 Å². The largest absolute Gasteiger partial charge is 0.494 e. The monoisotopic (exact) mass is 443 g/mol. The van der Waals surface area contributed by atoms with Crippen molar-refractivity contribution in [1.29, 1.82) is 0 Å². The van der Waals surface area contributed by atoms with Gasteiger partial charge in [0.05, 0.1) is 27.9 Å². The summed E-state index contributed by atoms with van der Waals surface area (Å²) >= 11 is 0. The standard InChI is InChI=1S/C25H30BN5O2/c1-23(2,3)31-21-13-12-17(26-32-24(4,5)25(6,7)33-26)14-19(21)29-22(31)18-10-8-9-11-20(18)30-16-27-15-28-30/h8-16H,1-7H3. The first kappa shape index (κ1) is 21.9. The number of imidazole rings is 1. The van der Waals surface area contributed by atoms with Crippen LogP contribution in [0.3, 0.4) is 0 Å². The van der Waals surface area contributed by atoms with E-state index in [0.29, 0.717) is 0 Å². The van der Waals surface area contributed by atoms with E-state index in [0.717, 1.165) is 33.6 Å². The summed E-state index contributed by atoms with van der Waals surface area (Å²) in [6, 6.07) is 14.4. The number of benzene rings is 2. The molecule has 8 heteroatoms. The molecule has 0 atom stereocenters. The van der Waals surface area contributed by atoms with E-state index < -0.39 is 7.12 Å². The van der Waals surface area contributed by atoms with Gasteiger partial charge < -0.3 is 13.9 Å². The highest BCUT2D eigenvalue weighted by molar-refractivity contribution is 6.62. The summed E-state index contributed by atoms with van der Waals surface area (Å²) in [5.41, 5.74) is 3.89. The van der Waals surface area contributed by atoms with E-state index in [1.807, 2.05) is 18.2 Å². The summed E-state index contributed by atoms with van der Waals surface area (Å²) in [6.07, 6.45) is 3.25. The number of fused-ring (bicyclic) bond motifs is 1. The van der Waals surface area contributed by atoms with Crippen LogP contribution in [0.2, 0.25) is 0 Å². The van der Waals surface area contributed by atoms with Crippen molar-refractivity contribution in [3.05, 3.63) is 55.1 Å². The van der Waals surface area contributed by atoms with Gasteiger partial charge in [0.1, 0.15) is 18.5 Å². The highest BCUT2D eigenvalue weighted by Crippen LogP contribution is 2.37. The molecular weight excluding hydrogens is 413 g/mol. The number of aromatic nitrogens is 5. The maximum atomic E-state index is 6.28. The molecule has 170 valence electrons. The fourth-order valence-corrected chi connectivity index (χ4v) is 4.28. The average molecular weight is 443 g/mol. The highest BCUT2D eigenvalue weighted by atomic mass is 16.7. The molecule has 0 amide bonds. The maximum Gasteiger partial charge on any atom is 0.494 e. The van der Waals surface area contributed by atoms with Gasteiger partial charge in [-0.25, -0.2) is 14.6 Å². The van der Waals surface area contributed by atoms with E-state index in [2.05, 4.69) is 87.4 Å². The van der Waals surface area contributed by atoms with Crippen LogP contribution in [0, 0.1) is 0 Å². The molecule has 1 aliphatic rings. The van der Waals surface area contributed by atoms with Crippen LogP contribution < -0.4 is 5.46 Å². The van der Waals surface area contributed by atoms with E-state index in [9.17, 15) is 0 Å². The van der Waals surface area contributed by atoms with Crippen LogP contribution in [0.1, 0.15) is 48.5 Å². The van der Waals surface area contributed by atoms with E-state index in [4.69, 9.17) is 14.3 Å². The Hall–Kier alpha value is -2.97. The molecule has 2 aromatic heterocycles. The summed E-state index contributed by atoms with van der Waals surface area (Å²) in [5.74, 6) is 0.884. The van der Waals surface area contributed by atoms with Crippen molar-refractivity contribution in [3.8, 4) is 17.1 Å². The highest BCUT2D eigenvalue weighted by Gasteiger charge is 2.51. The quantitative estimate of drug-likeness (QED) is 0.441. The van der Waals surface area contributed by atoms with Crippen LogP contribution in [0.4, 0.5) is 0 Å². The van der Waals surface area contributed by atoms with Gasteiger partial charge in [0.25, 0.3) is 0 Å². The van der Waals surface area contributed by atoms with Crippen molar-refractivity contribution in [2.45, 2.75) is 65.2 Å². The van der Waals surface area contributed by atoms with Crippen LogP contribution in [-0.4, -0.2) is 42.6 Å². The van der Waals surface area contributed by atoms with E-state index in [1.54, 1.807) is 17.3 Å². The number of rotatable bonds is 3. The lowest BCUT2D eigenvalue weighted by Crippen LogP contribution is -2.41. The number of hydrogen-bond donors (Lipinski definition) is 0. The fraction of sp³-hybridized carbons (Fsp3) is 0.400. The van der Waals surface area contributed by atoms with Gasteiger partial charge in [0, 0.05) is 11.1 Å². The van der Waals surface area contributed by atoms with Crippen molar-refractivity contribution >= 4 is 23.6 Å². The zero-order valence-corrected chi connectivity index (χ0v) is 20.3. The SMILES string of the molecule is CC(C)(C)n1c(-c2ccccc2-n2cncn2)nc2cc(B3OC(C)(C)C(C)(C)O3)ccc21. The van der Waals surface area contributed by atoms with Crippen molar-refractivity contribution in [2.24, 2.45) is 0 Å². The normalized spacial score (nSPS) is 17.7. The Morgan fingerprint density at radius 2 is 1.64 bits per heavy atom. The van der Waals surface area contributed by atoms with Gasteiger partial charge in [-0.3, -0.25) is 0 Å². The topological polar surface area (TPSA) is 67.0 Å². The van der Waals surface area contributed by atoms with Crippen molar-refractivity contribution in [1.82, 2.24) is 24.3 Å². The van der Waals surface area contributed by atoms with Gasteiger partial charge in [-0.1, -0.05) is 18.2 Å². The molecule has 1 saturated heterocycles. The third-order valence-corrected chi connectivity index (χ3v) is 6.69. The molecule has 0 aliphatic carbocycles. The smallest absolute Gasteiger partial charge is 0.399 e. The molecule has 4 aromatic rings. The molecule has 3 heterocycles. The molecule has 0 N–H and O–H groups in total. The van der Waals surface area contributed by atoms with Gasteiger partial charge in [0.15, 0.2) is 0 Å². The van der Waals surface area contributed by atoms with E-state index in [-0.39, 0.29) is 16.7 Å². The zero-order chi connectivity index (χ0) is 23.6. The van der Waals surface area contributed by atoms with E-state index in [1.165, 1.54) is 0 Å². The second-order valence-corrected chi connectivity index (χ2v) is 10.6. The second-order valence-electron chi connectivity index (χ2n) is 10.6. The molecular formula is C25H30BN5O2. The Morgan fingerprint density at radius 3 is 2.27 bits per heavy atom. The van der Waals surface area contributed by atoms with Gasteiger partial charge in [-0.05, 0) is 78.2 Å². The third kappa shape index (κ3) is 3.58. The lowest BCUT2D eigenvalue weighted by Gasteiger charge is -2.32. The lowest BCUT2D eigenvalue weighted by molar-refractivity contribution is 0.00578. The van der Waals surface area contributed by atoms with Gasteiger partial charge in [-0.15, -0.1) is 0 Å². The maximum absolute atomic E-state index is 6.28. The first-order chi connectivity index (χ1) is 15.5. The molecule has 7 nitrogen and oxygen atoms in total. The number of para-hydroxylation sites is 1. The predicted octanol–water partition coefficient (Wildman–Crippen LogP) is 4.34. The Kier molecular flexibility index (Phi) is 4.81. The molecule has 1 fully saturated rings. The first-order valence-electron chi connectivity index (χ1n) is 11.3. The van der Waals surface area contributed by atoms with Crippen molar-refractivity contribution in [3.63, 3.8) is 0 Å². The molecule has 0 unspecified atom stereocenters.